The van der Waals surface area contributed by atoms with Crippen molar-refractivity contribution in [1.82, 2.24) is 4.90 Å². The Labute approximate surface area is 114 Å². The third-order valence-electron chi connectivity index (χ3n) is 3.56. The smallest absolute Gasteiger partial charge is 0.323 e. The molecule has 4 nitrogen and oxygen atoms in total. The van der Waals surface area contributed by atoms with Crippen LogP contribution in [0.15, 0.2) is 24.3 Å². The number of carboxylic acid groups (broad SMARTS) is 1. The minimum atomic E-state index is -0.807. The SMILES string of the molecule is CC(C)c1ccc(CN2CCOCC2C(=O)O)cc1. The first-order chi connectivity index (χ1) is 9.08. The molecular formula is C15H21NO3. The zero-order valence-corrected chi connectivity index (χ0v) is 11.5. The Morgan fingerprint density at radius 1 is 1.42 bits per heavy atom. The number of carboxylic acids is 1. The van der Waals surface area contributed by atoms with Crippen LogP contribution in [0, 0.1) is 0 Å². The standard InChI is InChI=1S/C15H21NO3/c1-11(2)13-5-3-12(4-6-13)9-16-7-8-19-10-14(16)15(17)18/h3-6,11,14H,7-10H2,1-2H3,(H,17,18). The Balaban J connectivity index is 2.04. The van der Waals surface area contributed by atoms with Gasteiger partial charge in [0.1, 0.15) is 6.04 Å². The molecule has 1 aliphatic heterocycles. The van der Waals surface area contributed by atoms with E-state index < -0.39 is 12.0 Å². The van der Waals surface area contributed by atoms with E-state index in [4.69, 9.17) is 4.74 Å². The number of aliphatic carboxylic acids is 1. The summed E-state index contributed by atoms with van der Waals surface area (Å²) in [6, 6.07) is 7.89. The van der Waals surface area contributed by atoms with Crippen LogP contribution in [0.2, 0.25) is 0 Å². The summed E-state index contributed by atoms with van der Waals surface area (Å²) in [6.45, 7) is 6.55. The van der Waals surface area contributed by atoms with E-state index in [1.165, 1.54) is 5.56 Å². The second kappa shape index (κ2) is 6.17. The number of rotatable bonds is 4. The molecule has 0 aromatic heterocycles. The first-order valence-electron chi connectivity index (χ1n) is 6.71. The fourth-order valence-electron chi connectivity index (χ4n) is 2.30. The lowest BCUT2D eigenvalue weighted by molar-refractivity contribution is -0.150. The van der Waals surface area contributed by atoms with Crippen molar-refractivity contribution < 1.29 is 14.6 Å². The molecule has 0 saturated carbocycles. The topological polar surface area (TPSA) is 49.8 Å². The van der Waals surface area contributed by atoms with Crippen LogP contribution in [0.3, 0.4) is 0 Å². The van der Waals surface area contributed by atoms with Crippen molar-refractivity contribution in [3.63, 3.8) is 0 Å². The van der Waals surface area contributed by atoms with Crippen molar-refractivity contribution in [3.8, 4) is 0 Å². The van der Waals surface area contributed by atoms with Gasteiger partial charge in [0.2, 0.25) is 0 Å². The molecule has 0 radical (unpaired) electrons. The van der Waals surface area contributed by atoms with E-state index in [1.807, 2.05) is 4.90 Å². The van der Waals surface area contributed by atoms with Gasteiger partial charge in [0.05, 0.1) is 13.2 Å². The summed E-state index contributed by atoms with van der Waals surface area (Å²) in [5, 5.41) is 9.18. The second-order valence-corrected chi connectivity index (χ2v) is 5.30. The molecule has 1 aliphatic rings. The summed E-state index contributed by atoms with van der Waals surface area (Å²) in [7, 11) is 0. The van der Waals surface area contributed by atoms with Crippen LogP contribution in [0.4, 0.5) is 0 Å². The van der Waals surface area contributed by atoms with Crippen molar-refractivity contribution in [2.24, 2.45) is 0 Å². The second-order valence-electron chi connectivity index (χ2n) is 5.30. The summed E-state index contributed by atoms with van der Waals surface area (Å²) >= 11 is 0. The molecule has 0 spiro atoms. The van der Waals surface area contributed by atoms with Gasteiger partial charge < -0.3 is 9.84 Å². The fourth-order valence-corrected chi connectivity index (χ4v) is 2.30. The number of hydrogen-bond acceptors (Lipinski definition) is 3. The van der Waals surface area contributed by atoms with E-state index in [-0.39, 0.29) is 6.61 Å². The lowest BCUT2D eigenvalue weighted by Crippen LogP contribution is -2.49. The molecule has 1 unspecified atom stereocenters. The van der Waals surface area contributed by atoms with Crippen LogP contribution in [-0.4, -0.2) is 41.8 Å². The van der Waals surface area contributed by atoms with Gasteiger partial charge in [-0.05, 0) is 17.0 Å². The quantitative estimate of drug-likeness (QED) is 0.903. The van der Waals surface area contributed by atoms with Crippen molar-refractivity contribution in [2.45, 2.75) is 32.4 Å². The van der Waals surface area contributed by atoms with Gasteiger partial charge in [0, 0.05) is 13.1 Å². The van der Waals surface area contributed by atoms with E-state index in [1.54, 1.807) is 0 Å². The molecule has 1 heterocycles. The molecule has 2 rings (SSSR count). The third-order valence-corrected chi connectivity index (χ3v) is 3.56. The molecule has 1 N–H and O–H groups in total. The highest BCUT2D eigenvalue weighted by Crippen LogP contribution is 2.17. The molecule has 1 saturated heterocycles. The van der Waals surface area contributed by atoms with Crippen LogP contribution in [0.1, 0.15) is 30.9 Å². The van der Waals surface area contributed by atoms with Crippen LogP contribution in [-0.2, 0) is 16.1 Å². The van der Waals surface area contributed by atoms with Gasteiger partial charge in [-0.25, -0.2) is 0 Å². The maximum Gasteiger partial charge on any atom is 0.323 e. The maximum atomic E-state index is 11.2. The Morgan fingerprint density at radius 2 is 2.11 bits per heavy atom. The minimum absolute atomic E-state index is 0.277. The van der Waals surface area contributed by atoms with Gasteiger partial charge in [0.25, 0.3) is 0 Å². The number of hydrogen-bond donors (Lipinski definition) is 1. The normalized spacial score (nSPS) is 20.7. The molecule has 0 bridgehead atoms. The van der Waals surface area contributed by atoms with Gasteiger partial charge in [-0.15, -0.1) is 0 Å². The lowest BCUT2D eigenvalue weighted by atomic mass is 10.0. The first kappa shape index (κ1) is 14.0. The predicted octanol–water partition coefficient (Wildman–Crippen LogP) is 2.10. The number of benzene rings is 1. The summed E-state index contributed by atoms with van der Waals surface area (Å²) in [5.41, 5.74) is 2.46. The number of ether oxygens (including phenoxy) is 1. The molecule has 0 aliphatic carbocycles. The Morgan fingerprint density at radius 3 is 2.68 bits per heavy atom. The molecule has 1 aromatic carbocycles. The molecular weight excluding hydrogens is 242 g/mol. The van der Waals surface area contributed by atoms with Crippen molar-refractivity contribution in [2.75, 3.05) is 19.8 Å². The van der Waals surface area contributed by atoms with Gasteiger partial charge in [0.15, 0.2) is 0 Å². The highest BCUT2D eigenvalue weighted by atomic mass is 16.5. The molecule has 1 atom stereocenters. The van der Waals surface area contributed by atoms with Gasteiger partial charge in [-0.3, -0.25) is 9.69 Å². The highest BCUT2D eigenvalue weighted by molar-refractivity contribution is 5.73. The summed E-state index contributed by atoms with van der Waals surface area (Å²) < 4.78 is 5.24. The first-order valence-corrected chi connectivity index (χ1v) is 6.71. The van der Waals surface area contributed by atoms with E-state index >= 15 is 0 Å². The fraction of sp³-hybridized carbons (Fsp3) is 0.533. The molecule has 1 fully saturated rings. The zero-order valence-electron chi connectivity index (χ0n) is 11.5. The Bertz CT molecular complexity index is 428. The lowest BCUT2D eigenvalue weighted by Gasteiger charge is -2.32. The summed E-state index contributed by atoms with van der Waals surface area (Å²) in [4.78, 5) is 13.1. The summed E-state index contributed by atoms with van der Waals surface area (Å²) in [5.74, 6) is -0.289. The van der Waals surface area contributed by atoms with Crippen LogP contribution in [0.25, 0.3) is 0 Å². The van der Waals surface area contributed by atoms with E-state index in [9.17, 15) is 9.90 Å². The predicted molar refractivity (Wildman–Crippen MR) is 73.2 cm³/mol. The monoisotopic (exact) mass is 263 g/mol. The van der Waals surface area contributed by atoms with Gasteiger partial charge in [-0.2, -0.15) is 0 Å². The molecule has 1 aromatic rings. The Hall–Kier alpha value is -1.39. The van der Waals surface area contributed by atoms with Crippen LogP contribution >= 0.6 is 0 Å². The maximum absolute atomic E-state index is 11.2. The average molecular weight is 263 g/mol. The third kappa shape index (κ3) is 3.55. The largest absolute Gasteiger partial charge is 0.480 e. The van der Waals surface area contributed by atoms with Crippen molar-refractivity contribution in [3.05, 3.63) is 35.4 Å². The summed E-state index contributed by atoms with van der Waals surface area (Å²) in [6.07, 6.45) is 0. The molecule has 104 valence electrons. The van der Waals surface area contributed by atoms with Crippen molar-refractivity contribution >= 4 is 5.97 Å². The molecule has 4 heteroatoms. The molecule has 19 heavy (non-hydrogen) atoms. The van der Waals surface area contributed by atoms with E-state index in [2.05, 4.69) is 38.1 Å². The number of carbonyl (C=O) groups is 1. The van der Waals surface area contributed by atoms with Gasteiger partial charge >= 0.3 is 5.97 Å². The number of nitrogens with zero attached hydrogens (tertiary/aromatic N) is 1. The number of morpholine rings is 1. The zero-order chi connectivity index (χ0) is 13.8. The van der Waals surface area contributed by atoms with Crippen molar-refractivity contribution in [1.29, 1.82) is 0 Å². The highest BCUT2D eigenvalue weighted by Gasteiger charge is 2.28. The van der Waals surface area contributed by atoms with E-state index in [0.29, 0.717) is 25.6 Å². The average Bonchev–Trinajstić information content (AvgIpc) is 2.39. The molecule has 0 amide bonds. The minimum Gasteiger partial charge on any atom is -0.480 e. The van der Waals surface area contributed by atoms with Crippen LogP contribution in [0.5, 0.6) is 0 Å². The van der Waals surface area contributed by atoms with Crippen LogP contribution < -0.4 is 0 Å². The van der Waals surface area contributed by atoms with Gasteiger partial charge in [-0.1, -0.05) is 38.1 Å². The van der Waals surface area contributed by atoms with E-state index in [0.717, 1.165) is 5.56 Å². The Kier molecular flexibility index (Phi) is 4.56.